The highest BCUT2D eigenvalue weighted by Gasteiger charge is 2.62. The first-order valence-corrected chi connectivity index (χ1v) is 20.8. The van der Waals surface area contributed by atoms with Crippen molar-refractivity contribution < 1.29 is 38.4 Å². The Morgan fingerprint density at radius 2 is 1.97 bits per heavy atom. The van der Waals surface area contributed by atoms with E-state index >= 15 is 0 Å². The molecule has 7 aliphatic rings. The molecule has 0 aliphatic carbocycles. The number of rotatable bonds is 4. The molecule has 7 atom stereocenters. The summed E-state index contributed by atoms with van der Waals surface area (Å²) < 4.78 is 31.0. The van der Waals surface area contributed by atoms with Crippen LogP contribution in [0.1, 0.15) is 74.5 Å². The van der Waals surface area contributed by atoms with Crippen LogP contribution in [0.5, 0.6) is 28.7 Å². The summed E-state index contributed by atoms with van der Waals surface area (Å²) in [7, 11) is 1.55. The van der Waals surface area contributed by atoms with Crippen LogP contribution < -0.4 is 24.3 Å². The number of phenols is 1. The predicted molar refractivity (Wildman–Crippen MR) is 215 cm³/mol. The van der Waals surface area contributed by atoms with E-state index in [0.29, 0.717) is 53.6 Å². The summed E-state index contributed by atoms with van der Waals surface area (Å²) in [6, 6.07) is 8.27. The van der Waals surface area contributed by atoms with E-state index in [1.54, 1.807) is 18.9 Å². The zero-order chi connectivity index (χ0) is 40.4. The highest BCUT2D eigenvalue weighted by Crippen LogP contribution is 2.65. The van der Waals surface area contributed by atoms with Crippen LogP contribution in [0.25, 0.3) is 10.9 Å². The second-order valence-corrected chi connectivity index (χ2v) is 17.4. The lowest BCUT2D eigenvalue weighted by Gasteiger charge is -2.62. The smallest absolute Gasteiger partial charge is 0.333 e. The number of thioether (sulfide) groups is 1. The highest BCUT2D eigenvalue weighted by atomic mass is 32.2. The molecule has 4 aromatic rings. The number of nitrogens with one attached hydrogen (secondary N) is 2. The van der Waals surface area contributed by atoms with Crippen LogP contribution in [0, 0.1) is 32.1 Å². The third-order valence-corrected chi connectivity index (χ3v) is 14.7. The number of methoxy groups -OCH3 is 1. The number of phenolic OH excluding ortho intramolecular Hbond substituents is 1. The molecule has 0 amide bonds. The maximum absolute atomic E-state index is 15.0. The molecule has 14 heteroatoms. The first-order chi connectivity index (χ1) is 28.0. The molecule has 0 saturated carbocycles. The van der Waals surface area contributed by atoms with E-state index in [1.807, 2.05) is 19.9 Å². The maximum Gasteiger partial charge on any atom is 0.333 e. The number of nitriles is 1. The van der Waals surface area contributed by atoms with Crippen molar-refractivity contribution in [3.8, 4) is 34.8 Å². The average molecular weight is 804 g/mol. The van der Waals surface area contributed by atoms with E-state index < -0.39 is 46.9 Å². The van der Waals surface area contributed by atoms with E-state index in [1.165, 1.54) is 6.92 Å². The minimum Gasteiger partial charge on any atom is -0.504 e. The summed E-state index contributed by atoms with van der Waals surface area (Å²) >= 11 is 1.55. The number of aromatic amines is 1. The summed E-state index contributed by atoms with van der Waals surface area (Å²) in [5, 5.41) is 27.7. The molecule has 58 heavy (non-hydrogen) atoms. The Kier molecular flexibility index (Phi) is 8.58. The number of ether oxygens (including phenoxy) is 5. The number of H-pyrrole nitrogens is 1. The lowest BCUT2D eigenvalue weighted by molar-refractivity contribution is -0.157. The highest BCUT2D eigenvalue weighted by molar-refractivity contribution is 7.99. The Labute approximate surface area is 340 Å². The number of aryl methyl sites for hydroxylation is 2. The second kappa shape index (κ2) is 13.4. The zero-order valence-electron chi connectivity index (χ0n) is 33.1. The van der Waals surface area contributed by atoms with E-state index in [9.17, 15) is 20.0 Å². The summed E-state index contributed by atoms with van der Waals surface area (Å²) in [6.07, 6.45) is 3.05. The molecule has 300 valence electrons. The molecular formula is C44H45N5O8S. The topological polar surface area (TPSA) is 159 Å². The zero-order valence-corrected chi connectivity index (χ0v) is 33.9. The van der Waals surface area contributed by atoms with Crippen molar-refractivity contribution in [1.29, 1.82) is 5.26 Å². The van der Waals surface area contributed by atoms with Crippen LogP contribution >= 0.6 is 11.8 Å². The van der Waals surface area contributed by atoms with E-state index in [0.717, 1.165) is 56.4 Å². The Balaban J connectivity index is 1.26. The number of fused-ring (bicyclic) bond motifs is 11. The van der Waals surface area contributed by atoms with Crippen molar-refractivity contribution >= 4 is 34.6 Å². The van der Waals surface area contributed by atoms with Crippen molar-refractivity contribution in [3.05, 3.63) is 87.1 Å². The van der Waals surface area contributed by atoms with Gasteiger partial charge in [-0.3, -0.25) is 19.9 Å². The van der Waals surface area contributed by atoms with Gasteiger partial charge < -0.3 is 33.8 Å². The van der Waals surface area contributed by atoms with Gasteiger partial charge in [0.1, 0.15) is 18.4 Å². The Bertz CT molecular complexity index is 2510. The summed E-state index contributed by atoms with van der Waals surface area (Å²) in [4.78, 5) is 36.1. The molecule has 3 aromatic carbocycles. The minimum absolute atomic E-state index is 0.0457. The first-order valence-electron chi connectivity index (χ1n) is 19.8. The van der Waals surface area contributed by atoms with Gasteiger partial charge in [-0.15, -0.1) is 18.3 Å². The molecule has 11 rings (SSSR count). The number of aromatic hydroxyl groups is 1. The summed E-state index contributed by atoms with van der Waals surface area (Å²) in [6.45, 7) is 12.2. The van der Waals surface area contributed by atoms with Gasteiger partial charge >= 0.3 is 11.9 Å². The third-order valence-electron chi connectivity index (χ3n) is 13.2. The van der Waals surface area contributed by atoms with Crippen molar-refractivity contribution in [2.45, 2.75) is 81.5 Å². The normalized spacial score (nSPS) is 28.2. The van der Waals surface area contributed by atoms with Gasteiger partial charge in [-0.2, -0.15) is 5.26 Å². The fourth-order valence-corrected chi connectivity index (χ4v) is 12.7. The van der Waals surface area contributed by atoms with E-state index in [4.69, 9.17) is 23.7 Å². The molecular weight excluding hydrogens is 759 g/mol. The standard InChI is InChI=1S/C44H45N5O8S/c1-7-12-48-28-15-24-14-21(3)37(53-6)36(51)31(24)34(48)35-41-33-32(40-39(55-19-56-40)22(4)38(33)57-23(5)50)30(49(35)29(28)16-45)17-54-43(52)44(18-58-41)42-25(10-11-46-44)26-13-20(2)8-9-27(26)47-42/h7-9,13-14,28-30,34-35,41,46-47,51H,1,10-12,15,17-19H2,2-6H3/t28?,29-,30-,34?,35?,41+,44+/m0/s1. The third kappa shape index (κ3) is 5.00. The molecule has 13 nitrogen and oxygen atoms in total. The monoisotopic (exact) mass is 803 g/mol. The summed E-state index contributed by atoms with van der Waals surface area (Å²) in [5.41, 5.74) is 7.14. The van der Waals surface area contributed by atoms with Gasteiger partial charge in [0.05, 0.1) is 36.2 Å². The molecule has 1 aromatic heterocycles. The molecule has 2 saturated heterocycles. The number of nitrogens with zero attached hydrogens (tertiary/aromatic N) is 3. The molecule has 7 aliphatic heterocycles. The number of esters is 2. The van der Waals surface area contributed by atoms with Gasteiger partial charge in [0.25, 0.3) is 0 Å². The van der Waals surface area contributed by atoms with Crippen LogP contribution in [0.2, 0.25) is 0 Å². The number of carbonyl (C=O) groups excluding carboxylic acids is 2. The SMILES string of the molecule is C=CCN1C2c3c(cc(C)c(OC)c3O)CC1[C@H](C#N)N1C2[C@@H]2SC[C@]3(NCCc4c3[nH]c3ccc(C)cc43)C(=O)OC[C@H]1c1c3c(c(C)c(OC(C)=O)c12)OCO3. The number of aromatic nitrogens is 1. The van der Waals surface area contributed by atoms with Crippen LogP contribution in [-0.4, -0.2) is 89.3 Å². The van der Waals surface area contributed by atoms with E-state index in [2.05, 4.69) is 63.9 Å². The molecule has 3 unspecified atom stereocenters. The Hall–Kier alpha value is -5.20. The quantitative estimate of drug-likeness (QED) is 0.133. The Morgan fingerprint density at radius 1 is 1.16 bits per heavy atom. The molecule has 2 fully saturated rings. The lowest BCUT2D eigenvalue weighted by atomic mass is 9.71. The van der Waals surface area contributed by atoms with Crippen molar-refractivity contribution in [2.75, 3.05) is 39.4 Å². The largest absolute Gasteiger partial charge is 0.504 e. The van der Waals surface area contributed by atoms with Crippen molar-refractivity contribution in [3.63, 3.8) is 0 Å². The first kappa shape index (κ1) is 37.1. The van der Waals surface area contributed by atoms with Crippen molar-refractivity contribution in [2.24, 2.45) is 0 Å². The van der Waals surface area contributed by atoms with Gasteiger partial charge in [0, 0.05) is 71.0 Å². The predicted octanol–water partition coefficient (Wildman–Crippen LogP) is 5.62. The number of hydrogen-bond donors (Lipinski definition) is 3. The van der Waals surface area contributed by atoms with Gasteiger partial charge in [-0.25, -0.2) is 4.79 Å². The molecule has 1 spiro atoms. The Morgan fingerprint density at radius 3 is 2.72 bits per heavy atom. The number of piperazine rings is 1. The molecule has 0 radical (unpaired) electrons. The molecule has 8 heterocycles. The number of carbonyl (C=O) groups is 2. The van der Waals surface area contributed by atoms with Gasteiger partial charge in [0.15, 0.2) is 28.5 Å². The van der Waals surface area contributed by atoms with Crippen LogP contribution in [0.4, 0.5) is 0 Å². The van der Waals surface area contributed by atoms with Crippen LogP contribution in [0.3, 0.4) is 0 Å². The maximum atomic E-state index is 15.0. The van der Waals surface area contributed by atoms with Crippen LogP contribution in [-0.2, 0) is 32.7 Å². The fourth-order valence-electron chi connectivity index (χ4n) is 11.0. The number of hydrogen-bond acceptors (Lipinski definition) is 13. The minimum atomic E-state index is -1.26. The van der Waals surface area contributed by atoms with E-state index in [-0.39, 0.29) is 30.9 Å². The van der Waals surface area contributed by atoms with Gasteiger partial charge in [-0.1, -0.05) is 23.8 Å². The van der Waals surface area contributed by atoms with Crippen molar-refractivity contribution in [1.82, 2.24) is 20.1 Å². The lowest BCUT2D eigenvalue weighted by Crippen LogP contribution is -2.70. The van der Waals surface area contributed by atoms with Gasteiger partial charge in [-0.05, 0) is 62.4 Å². The number of benzene rings is 3. The average Bonchev–Trinajstić information content (AvgIpc) is 3.84. The summed E-state index contributed by atoms with van der Waals surface area (Å²) in [5.74, 6) is 1.06. The van der Waals surface area contributed by atoms with Gasteiger partial charge in [0.2, 0.25) is 6.79 Å². The fraction of sp³-hybridized carbons (Fsp3) is 0.432. The molecule has 4 bridgehead atoms. The second-order valence-electron chi connectivity index (χ2n) is 16.3. The molecule has 3 N–H and O–H groups in total. The van der Waals surface area contributed by atoms with Crippen LogP contribution in [0.15, 0.2) is 36.9 Å².